The highest BCUT2D eigenvalue weighted by Crippen LogP contribution is 2.43. The first-order chi connectivity index (χ1) is 13.0. The van der Waals surface area contributed by atoms with Crippen molar-refractivity contribution in [3.8, 4) is 0 Å². The average molecular weight is 369 g/mol. The molecule has 0 saturated carbocycles. The maximum atomic E-state index is 14.4. The van der Waals surface area contributed by atoms with Crippen LogP contribution in [0.4, 0.5) is 10.1 Å². The van der Waals surface area contributed by atoms with Gasteiger partial charge >= 0.3 is 0 Å². The van der Waals surface area contributed by atoms with Crippen molar-refractivity contribution in [1.82, 2.24) is 4.48 Å². The predicted octanol–water partition coefficient (Wildman–Crippen LogP) is 2.57. The van der Waals surface area contributed by atoms with Gasteiger partial charge < -0.3 is 15.6 Å². The van der Waals surface area contributed by atoms with Crippen LogP contribution < -0.4 is 10.2 Å². The molecule has 0 spiro atoms. The topological polar surface area (TPSA) is 72.6 Å². The molecule has 27 heavy (non-hydrogen) atoms. The zero-order chi connectivity index (χ0) is 19.0. The van der Waals surface area contributed by atoms with Gasteiger partial charge in [0.05, 0.1) is 18.8 Å². The number of nitrogens with zero attached hydrogens (tertiary/aromatic N) is 1. The minimum atomic E-state index is -0.650. The first kappa shape index (κ1) is 17.9. The standard InChI is InChI=1S/C21H21FN2O3/c22-17-2-1-3-18-16(17)8-10-24(18,19-9-11-27-13-20(19)25)12-14-4-6-15(7-5-14)21(23)26/h1-8,10,19-20,25H,9,11-13H2,(H-,23,26)/p+1. The van der Waals surface area contributed by atoms with Crippen LogP contribution in [0.5, 0.6) is 0 Å². The summed E-state index contributed by atoms with van der Waals surface area (Å²) in [6, 6.07) is 12.0. The Morgan fingerprint density at radius 1 is 1.26 bits per heavy atom. The zero-order valence-corrected chi connectivity index (χ0v) is 14.8. The van der Waals surface area contributed by atoms with Crippen LogP contribution in [0.15, 0.2) is 48.7 Å². The number of fused-ring (bicyclic) bond motifs is 1. The van der Waals surface area contributed by atoms with E-state index in [4.69, 9.17) is 10.5 Å². The molecule has 6 heteroatoms. The van der Waals surface area contributed by atoms with Crippen LogP contribution in [0.25, 0.3) is 6.08 Å². The second-order valence-corrected chi connectivity index (χ2v) is 7.14. The molecule has 2 aromatic rings. The molecule has 2 aliphatic rings. The van der Waals surface area contributed by atoms with E-state index in [0.29, 0.717) is 35.2 Å². The van der Waals surface area contributed by atoms with Crippen molar-refractivity contribution in [3.05, 3.63) is 71.2 Å². The molecule has 1 fully saturated rings. The van der Waals surface area contributed by atoms with Gasteiger partial charge in [-0.2, -0.15) is 0 Å². The predicted molar refractivity (Wildman–Crippen MR) is 101 cm³/mol. The van der Waals surface area contributed by atoms with Gasteiger partial charge in [0.2, 0.25) is 5.91 Å². The van der Waals surface area contributed by atoms with E-state index in [-0.39, 0.29) is 18.5 Å². The molecule has 3 unspecified atom stereocenters. The molecule has 1 amide bonds. The fraction of sp³-hybridized carbons (Fsp3) is 0.286. The van der Waals surface area contributed by atoms with Crippen LogP contribution in [-0.2, 0) is 11.3 Å². The summed E-state index contributed by atoms with van der Waals surface area (Å²) in [5.74, 6) is -0.742. The Labute approximate surface area is 157 Å². The van der Waals surface area contributed by atoms with Crippen molar-refractivity contribution in [2.24, 2.45) is 5.73 Å². The number of rotatable bonds is 4. The van der Waals surface area contributed by atoms with Crippen LogP contribution in [0.3, 0.4) is 0 Å². The molecular weight excluding hydrogens is 347 g/mol. The van der Waals surface area contributed by atoms with Crippen molar-refractivity contribution in [3.63, 3.8) is 0 Å². The van der Waals surface area contributed by atoms with E-state index >= 15 is 0 Å². The van der Waals surface area contributed by atoms with Gasteiger partial charge in [-0.3, -0.25) is 9.28 Å². The minimum absolute atomic E-state index is 0.145. The number of amides is 1. The average Bonchev–Trinajstić information content (AvgIpc) is 3.03. The van der Waals surface area contributed by atoms with E-state index in [0.717, 1.165) is 11.3 Å². The molecule has 4 rings (SSSR count). The Balaban J connectivity index is 1.78. The van der Waals surface area contributed by atoms with E-state index in [1.807, 2.05) is 24.4 Å². The number of nitrogens with two attached hydrogens (primary N) is 1. The van der Waals surface area contributed by atoms with Crippen LogP contribution >= 0.6 is 0 Å². The van der Waals surface area contributed by atoms with E-state index in [1.165, 1.54) is 6.07 Å². The van der Waals surface area contributed by atoms with Gasteiger partial charge in [0.25, 0.3) is 0 Å². The summed E-state index contributed by atoms with van der Waals surface area (Å²) < 4.78 is 20.1. The molecule has 5 nitrogen and oxygen atoms in total. The number of quaternary nitrogens is 1. The summed E-state index contributed by atoms with van der Waals surface area (Å²) in [6.45, 7) is 1.36. The number of benzene rings is 2. The summed E-state index contributed by atoms with van der Waals surface area (Å²) in [5, 5.41) is 10.7. The monoisotopic (exact) mass is 369 g/mol. The van der Waals surface area contributed by atoms with E-state index in [2.05, 4.69) is 0 Å². The van der Waals surface area contributed by atoms with Crippen LogP contribution in [0.2, 0.25) is 0 Å². The smallest absolute Gasteiger partial charge is 0.248 e. The fourth-order valence-electron chi connectivity index (χ4n) is 4.21. The normalized spacial score (nSPS) is 26.7. The fourth-order valence-corrected chi connectivity index (χ4v) is 4.21. The Bertz CT molecular complexity index is 897. The molecule has 0 aliphatic carbocycles. The third-order valence-corrected chi connectivity index (χ3v) is 5.55. The van der Waals surface area contributed by atoms with Gasteiger partial charge in [-0.25, -0.2) is 4.39 Å². The molecule has 0 bridgehead atoms. The number of carbonyl (C=O) groups is 1. The Kier molecular flexibility index (Phi) is 4.55. The third kappa shape index (κ3) is 3.06. The lowest BCUT2D eigenvalue weighted by Gasteiger charge is -2.43. The molecular formula is C21H22FN2O3+. The molecule has 3 N–H and O–H groups in total. The van der Waals surface area contributed by atoms with Crippen molar-refractivity contribution in [2.45, 2.75) is 25.1 Å². The summed E-state index contributed by atoms with van der Waals surface area (Å²) in [6.07, 6.45) is 3.78. The SMILES string of the molecule is NC(=O)c1ccc(C[N+]2(C3CCOCC3O)C=Cc3c(F)cccc32)cc1. The van der Waals surface area contributed by atoms with Crippen molar-refractivity contribution in [2.75, 3.05) is 13.2 Å². The number of aliphatic hydroxyl groups is 1. The number of carbonyl (C=O) groups excluding carboxylic acids is 1. The number of halogens is 1. The van der Waals surface area contributed by atoms with Crippen LogP contribution in [0, 0.1) is 5.82 Å². The number of hydrogen-bond donors (Lipinski definition) is 2. The Morgan fingerprint density at radius 2 is 2.04 bits per heavy atom. The third-order valence-electron chi connectivity index (χ3n) is 5.55. The summed E-state index contributed by atoms with van der Waals surface area (Å²) in [7, 11) is 0. The molecule has 2 aliphatic heterocycles. The van der Waals surface area contributed by atoms with E-state index in [1.54, 1.807) is 24.3 Å². The maximum Gasteiger partial charge on any atom is 0.248 e. The first-order valence-electron chi connectivity index (χ1n) is 9.01. The quantitative estimate of drug-likeness (QED) is 0.814. The van der Waals surface area contributed by atoms with Crippen molar-refractivity contribution < 1.29 is 19.0 Å². The lowest BCUT2D eigenvalue weighted by atomic mass is 9.98. The molecule has 0 radical (unpaired) electrons. The largest absolute Gasteiger partial charge is 0.384 e. The van der Waals surface area contributed by atoms with Gasteiger partial charge in [0, 0.05) is 29.7 Å². The van der Waals surface area contributed by atoms with Gasteiger partial charge in [0.15, 0.2) is 0 Å². The van der Waals surface area contributed by atoms with Gasteiger partial charge in [0.1, 0.15) is 36.4 Å². The number of hydrogen-bond acceptors (Lipinski definition) is 3. The lowest BCUT2D eigenvalue weighted by Crippen LogP contribution is -2.59. The van der Waals surface area contributed by atoms with Crippen LogP contribution in [-0.4, -0.2) is 36.4 Å². The summed E-state index contributed by atoms with van der Waals surface area (Å²) in [5.41, 5.74) is 8.14. The Morgan fingerprint density at radius 3 is 2.74 bits per heavy atom. The van der Waals surface area contributed by atoms with Gasteiger partial charge in [-0.15, -0.1) is 0 Å². The van der Waals surface area contributed by atoms with Gasteiger partial charge in [-0.1, -0.05) is 18.2 Å². The van der Waals surface area contributed by atoms with E-state index in [9.17, 15) is 14.3 Å². The second kappa shape index (κ2) is 6.88. The number of primary amides is 1. The lowest BCUT2D eigenvalue weighted by molar-refractivity contribution is -0.0530. The minimum Gasteiger partial charge on any atom is -0.384 e. The summed E-state index contributed by atoms with van der Waals surface area (Å²) in [4.78, 5) is 11.3. The highest BCUT2D eigenvalue weighted by molar-refractivity contribution is 5.92. The molecule has 1 saturated heterocycles. The van der Waals surface area contributed by atoms with Crippen molar-refractivity contribution in [1.29, 1.82) is 0 Å². The summed E-state index contributed by atoms with van der Waals surface area (Å²) >= 11 is 0. The first-order valence-corrected chi connectivity index (χ1v) is 9.01. The molecule has 140 valence electrons. The highest BCUT2D eigenvalue weighted by atomic mass is 19.1. The molecule has 0 aromatic heterocycles. The molecule has 2 aromatic carbocycles. The number of ether oxygens (including phenoxy) is 1. The van der Waals surface area contributed by atoms with E-state index < -0.39 is 12.0 Å². The maximum absolute atomic E-state index is 14.4. The number of aliphatic hydroxyl groups excluding tert-OH is 1. The van der Waals surface area contributed by atoms with Crippen LogP contribution in [0.1, 0.15) is 27.9 Å². The zero-order valence-electron chi connectivity index (χ0n) is 14.8. The highest BCUT2D eigenvalue weighted by Gasteiger charge is 2.47. The Hall–Kier alpha value is -2.54. The molecule has 2 heterocycles. The van der Waals surface area contributed by atoms with Crippen molar-refractivity contribution >= 4 is 17.7 Å². The molecule has 3 atom stereocenters. The van der Waals surface area contributed by atoms with Gasteiger partial charge in [-0.05, 0) is 18.2 Å². The second-order valence-electron chi connectivity index (χ2n) is 7.14.